The standard InChI is InChI=1S/C18H25N5O4/c1-11(19-15-16(24)22(4)18(26)23(5)20-15)14(21(2)3)12-7-9-13(10-8-12)17(25)27-6/h7-11,14H,1-6H3,(H,19,20)/t11-,14+/m0/s1. The van der Waals surface area contributed by atoms with Crippen molar-refractivity contribution in [2.75, 3.05) is 26.5 Å². The maximum Gasteiger partial charge on any atom is 0.346 e. The van der Waals surface area contributed by atoms with Crippen LogP contribution in [0, 0.1) is 0 Å². The van der Waals surface area contributed by atoms with Crippen molar-refractivity contribution < 1.29 is 9.53 Å². The Morgan fingerprint density at radius 3 is 2.30 bits per heavy atom. The Balaban J connectivity index is 2.34. The second-order valence-corrected chi connectivity index (χ2v) is 6.57. The van der Waals surface area contributed by atoms with Gasteiger partial charge in [0.1, 0.15) is 0 Å². The van der Waals surface area contributed by atoms with Gasteiger partial charge in [0, 0.05) is 20.1 Å². The molecule has 0 spiro atoms. The van der Waals surface area contributed by atoms with Crippen LogP contribution in [0.3, 0.4) is 0 Å². The number of carbonyl (C=O) groups excluding carboxylic acids is 1. The van der Waals surface area contributed by atoms with E-state index in [0.717, 1.165) is 14.8 Å². The number of aryl methyl sites for hydroxylation is 1. The van der Waals surface area contributed by atoms with E-state index in [-0.39, 0.29) is 17.9 Å². The molecule has 2 rings (SSSR count). The van der Waals surface area contributed by atoms with Crippen molar-refractivity contribution in [3.8, 4) is 0 Å². The molecule has 0 aliphatic heterocycles. The van der Waals surface area contributed by atoms with Gasteiger partial charge in [-0.3, -0.25) is 9.36 Å². The minimum Gasteiger partial charge on any atom is -0.465 e. The van der Waals surface area contributed by atoms with E-state index in [2.05, 4.69) is 10.4 Å². The lowest BCUT2D eigenvalue weighted by Gasteiger charge is -2.31. The van der Waals surface area contributed by atoms with Crippen LogP contribution in [-0.2, 0) is 18.8 Å². The fraction of sp³-hybridized carbons (Fsp3) is 0.444. The molecule has 146 valence electrons. The maximum atomic E-state index is 12.3. The molecule has 2 atom stereocenters. The number of benzene rings is 1. The second-order valence-electron chi connectivity index (χ2n) is 6.57. The van der Waals surface area contributed by atoms with Crippen molar-refractivity contribution in [2.24, 2.45) is 14.1 Å². The molecule has 0 amide bonds. The monoisotopic (exact) mass is 375 g/mol. The molecule has 9 heteroatoms. The number of hydrogen-bond acceptors (Lipinski definition) is 7. The molecule has 1 N–H and O–H groups in total. The summed E-state index contributed by atoms with van der Waals surface area (Å²) in [6, 6.07) is 6.78. The summed E-state index contributed by atoms with van der Waals surface area (Å²) < 4.78 is 6.85. The molecule has 0 fully saturated rings. The van der Waals surface area contributed by atoms with Gasteiger partial charge < -0.3 is 15.0 Å². The number of aromatic nitrogens is 3. The zero-order valence-corrected chi connectivity index (χ0v) is 16.4. The zero-order chi connectivity index (χ0) is 20.3. The number of nitrogens with zero attached hydrogens (tertiary/aromatic N) is 4. The van der Waals surface area contributed by atoms with Crippen molar-refractivity contribution in [3.63, 3.8) is 0 Å². The van der Waals surface area contributed by atoms with Gasteiger partial charge in [-0.1, -0.05) is 12.1 Å². The second kappa shape index (κ2) is 8.17. The molecule has 27 heavy (non-hydrogen) atoms. The first-order valence-electron chi connectivity index (χ1n) is 8.43. The number of esters is 1. The summed E-state index contributed by atoms with van der Waals surface area (Å²) >= 11 is 0. The van der Waals surface area contributed by atoms with E-state index in [9.17, 15) is 14.4 Å². The molecule has 0 bridgehead atoms. The van der Waals surface area contributed by atoms with Gasteiger partial charge in [-0.05, 0) is 38.7 Å². The average molecular weight is 375 g/mol. The number of rotatable bonds is 6. The molecule has 0 saturated carbocycles. The third-order valence-corrected chi connectivity index (χ3v) is 4.39. The first-order chi connectivity index (χ1) is 12.7. The Kier molecular flexibility index (Phi) is 6.17. The van der Waals surface area contributed by atoms with Crippen LogP contribution in [-0.4, -0.2) is 52.5 Å². The minimum absolute atomic E-state index is 0.102. The van der Waals surface area contributed by atoms with Crippen LogP contribution in [0.2, 0.25) is 0 Å². The van der Waals surface area contributed by atoms with Crippen LogP contribution < -0.4 is 16.6 Å². The summed E-state index contributed by atoms with van der Waals surface area (Å²) in [6.07, 6.45) is 0. The lowest BCUT2D eigenvalue weighted by Crippen LogP contribution is -2.42. The molecular weight excluding hydrogens is 350 g/mol. The SMILES string of the molecule is COC(=O)c1ccc([C@@H]([C@H](C)Nc2nn(C)c(=O)n(C)c2=O)N(C)C)cc1. The summed E-state index contributed by atoms with van der Waals surface area (Å²) in [5.74, 6) is -0.294. The van der Waals surface area contributed by atoms with Gasteiger partial charge in [0.25, 0.3) is 5.56 Å². The third-order valence-electron chi connectivity index (χ3n) is 4.39. The van der Waals surface area contributed by atoms with Crippen LogP contribution in [0.15, 0.2) is 33.9 Å². The average Bonchev–Trinajstić information content (AvgIpc) is 2.64. The lowest BCUT2D eigenvalue weighted by atomic mass is 9.98. The van der Waals surface area contributed by atoms with Crippen LogP contribution >= 0.6 is 0 Å². The van der Waals surface area contributed by atoms with Crippen molar-refractivity contribution in [1.82, 2.24) is 19.2 Å². The molecule has 0 unspecified atom stereocenters. The predicted molar refractivity (Wildman–Crippen MR) is 102 cm³/mol. The largest absolute Gasteiger partial charge is 0.465 e. The zero-order valence-electron chi connectivity index (χ0n) is 16.4. The third kappa shape index (κ3) is 4.25. The molecule has 0 aliphatic carbocycles. The highest BCUT2D eigenvalue weighted by Crippen LogP contribution is 2.24. The van der Waals surface area contributed by atoms with Crippen LogP contribution in [0.25, 0.3) is 0 Å². The number of likely N-dealkylation sites (N-methyl/N-ethyl adjacent to an activating group) is 1. The Labute approximate surface area is 157 Å². The molecule has 0 radical (unpaired) electrons. The normalized spacial score (nSPS) is 13.3. The highest BCUT2D eigenvalue weighted by molar-refractivity contribution is 5.89. The van der Waals surface area contributed by atoms with E-state index in [0.29, 0.717) is 5.56 Å². The number of nitrogens with one attached hydrogen (secondary N) is 1. The fourth-order valence-corrected chi connectivity index (χ4v) is 3.05. The van der Waals surface area contributed by atoms with E-state index >= 15 is 0 Å². The van der Waals surface area contributed by atoms with Crippen LogP contribution in [0.4, 0.5) is 5.82 Å². The summed E-state index contributed by atoms with van der Waals surface area (Å²) in [6.45, 7) is 1.92. The van der Waals surface area contributed by atoms with E-state index < -0.39 is 17.2 Å². The van der Waals surface area contributed by atoms with Gasteiger partial charge in [-0.2, -0.15) is 0 Å². The Morgan fingerprint density at radius 2 is 1.78 bits per heavy atom. The molecule has 2 aromatic rings. The van der Waals surface area contributed by atoms with E-state index in [4.69, 9.17) is 4.74 Å². The van der Waals surface area contributed by atoms with Crippen molar-refractivity contribution >= 4 is 11.8 Å². The van der Waals surface area contributed by atoms with Crippen molar-refractivity contribution in [1.29, 1.82) is 0 Å². The molecule has 0 aliphatic rings. The van der Waals surface area contributed by atoms with Gasteiger partial charge in [0.05, 0.1) is 18.7 Å². The molecule has 1 aromatic carbocycles. The number of anilines is 1. The van der Waals surface area contributed by atoms with Gasteiger partial charge in [-0.15, -0.1) is 5.10 Å². The maximum absolute atomic E-state index is 12.3. The lowest BCUT2D eigenvalue weighted by molar-refractivity contribution is 0.0600. The fourth-order valence-electron chi connectivity index (χ4n) is 3.05. The number of methoxy groups -OCH3 is 1. The smallest absolute Gasteiger partial charge is 0.346 e. The number of hydrogen-bond donors (Lipinski definition) is 1. The van der Waals surface area contributed by atoms with E-state index in [1.807, 2.05) is 38.1 Å². The van der Waals surface area contributed by atoms with Crippen molar-refractivity contribution in [2.45, 2.75) is 19.0 Å². The number of ether oxygens (including phenoxy) is 1. The first kappa shape index (κ1) is 20.4. The predicted octanol–water partition coefficient (Wildman–Crippen LogP) is 0.369. The van der Waals surface area contributed by atoms with E-state index in [1.165, 1.54) is 21.2 Å². The summed E-state index contributed by atoms with van der Waals surface area (Å²) in [5, 5.41) is 7.15. The quantitative estimate of drug-likeness (QED) is 0.728. The minimum atomic E-state index is -0.485. The summed E-state index contributed by atoms with van der Waals surface area (Å²) in [7, 11) is 8.09. The molecule has 1 aromatic heterocycles. The Bertz CT molecular complexity index is 930. The topological polar surface area (TPSA) is 98.5 Å². The van der Waals surface area contributed by atoms with Crippen LogP contribution in [0.5, 0.6) is 0 Å². The van der Waals surface area contributed by atoms with Gasteiger partial charge >= 0.3 is 11.7 Å². The summed E-state index contributed by atoms with van der Waals surface area (Å²) in [5.41, 5.74) is 0.450. The van der Waals surface area contributed by atoms with E-state index in [1.54, 1.807) is 12.1 Å². The summed E-state index contributed by atoms with van der Waals surface area (Å²) in [4.78, 5) is 37.7. The van der Waals surface area contributed by atoms with Crippen molar-refractivity contribution in [3.05, 3.63) is 56.2 Å². The van der Waals surface area contributed by atoms with Crippen LogP contribution in [0.1, 0.15) is 28.9 Å². The molecule has 0 saturated heterocycles. The first-order valence-corrected chi connectivity index (χ1v) is 8.43. The van der Waals surface area contributed by atoms with Gasteiger partial charge in [0.15, 0.2) is 0 Å². The van der Waals surface area contributed by atoms with Gasteiger partial charge in [0.2, 0.25) is 5.82 Å². The highest BCUT2D eigenvalue weighted by atomic mass is 16.5. The Hall–Kier alpha value is -2.94. The number of carbonyl (C=O) groups is 1. The molecular formula is C18H25N5O4. The van der Waals surface area contributed by atoms with Gasteiger partial charge in [-0.25, -0.2) is 14.3 Å². The highest BCUT2D eigenvalue weighted by Gasteiger charge is 2.24. The molecule has 9 nitrogen and oxygen atoms in total. The Morgan fingerprint density at radius 1 is 1.19 bits per heavy atom. The molecule has 1 heterocycles.